The van der Waals surface area contributed by atoms with Crippen LogP contribution in [0.3, 0.4) is 0 Å². The number of carbonyl (C=O) groups is 2. The summed E-state index contributed by atoms with van der Waals surface area (Å²) in [5.74, 6) is -0.00490. The van der Waals surface area contributed by atoms with Crippen LogP contribution in [0.15, 0.2) is 53.6 Å². The number of carbonyl (C=O) groups excluding carboxylic acids is 2. The number of amides is 2. The monoisotopic (exact) mass is 319 g/mol. The molecule has 3 heteroatoms. The Morgan fingerprint density at radius 1 is 0.792 bits per heavy atom. The number of anilines is 1. The molecule has 0 aromatic heterocycles. The molecule has 0 spiro atoms. The standard InChI is InChI=1S/C21H21NO2/c23-20-18-15-11-12-16(17(15)13-7-3-1-4-8-13)19(18)21(24)22(20)14-9-5-2-6-10-14/h2,5-6,9-12,15-16,18-19H,1,3-4,7-8H2/t15-,16-,18+,19+/m0/s1. The molecule has 24 heavy (non-hydrogen) atoms. The summed E-state index contributed by atoms with van der Waals surface area (Å²) in [6.45, 7) is 0. The van der Waals surface area contributed by atoms with Gasteiger partial charge in [0.25, 0.3) is 0 Å². The quantitative estimate of drug-likeness (QED) is 0.582. The second-order valence-electron chi connectivity index (χ2n) is 7.46. The fourth-order valence-corrected chi connectivity index (χ4v) is 5.33. The number of nitrogens with zero attached hydrogens (tertiary/aromatic N) is 1. The van der Waals surface area contributed by atoms with Gasteiger partial charge in [-0.1, -0.05) is 47.9 Å². The van der Waals surface area contributed by atoms with Crippen LogP contribution in [0.1, 0.15) is 32.1 Å². The van der Waals surface area contributed by atoms with E-state index < -0.39 is 0 Å². The van der Waals surface area contributed by atoms with Crippen molar-refractivity contribution in [2.24, 2.45) is 23.7 Å². The lowest BCUT2D eigenvalue weighted by atomic mass is 9.85. The first-order chi connectivity index (χ1) is 11.8. The Kier molecular flexibility index (Phi) is 3.06. The van der Waals surface area contributed by atoms with Crippen molar-refractivity contribution in [1.29, 1.82) is 0 Å². The van der Waals surface area contributed by atoms with Gasteiger partial charge >= 0.3 is 0 Å². The van der Waals surface area contributed by atoms with Crippen molar-refractivity contribution in [3.63, 3.8) is 0 Å². The van der Waals surface area contributed by atoms with E-state index in [9.17, 15) is 9.59 Å². The second kappa shape index (κ2) is 5.17. The van der Waals surface area contributed by atoms with E-state index in [1.54, 1.807) is 5.57 Å². The lowest BCUT2D eigenvalue weighted by Gasteiger charge is -2.23. The van der Waals surface area contributed by atoms with Crippen LogP contribution in [0.4, 0.5) is 5.69 Å². The van der Waals surface area contributed by atoms with Gasteiger partial charge in [-0.05, 0) is 37.8 Å². The van der Waals surface area contributed by atoms with Crippen LogP contribution in [0.2, 0.25) is 0 Å². The average Bonchev–Trinajstić information content (AvgIpc) is 3.26. The van der Waals surface area contributed by atoms with Crippen molar-refractivity contribution in [3.8, 4) is 0 Å². The molecule has 2 amide bonds. The zero-order valence-electron chi connectivity index (χ0n) is 13.7. The first-order valence-corrected chi connectivity index (χ1v) is 9.10. The molecule has 0 unspecified atom stereocenters. The van der Waals surface area contributed by atoms with Gasteiger partial charge in [0, 0.05) is 11.8 Å². The molecule has 1 aromatic rings. The van der Waals surface area contributed by atoms with E-state index in [4.69, 9.17) is 0 Å². The Morgan fingerprint density at radius 3 is 1.96 bits per heavy atom. The minimum atomic E-state index is -0.169. The number of fused-ring (bicyclic) bond motifs is 5. The maximum atomic E-state index is 13.1. The van der Waals surface area contributed by atoms with Crippen LogP contribution in [0.25, 0.3) is 0 Å². The Hall–Kier alpha value is -2.16. The van der Waals surface area contributed by atoms with Gasteiger partial charge in [-0.3, -0.25) is 9.59 Å². The summed E-state index contributed by atoms with van der Waals surface area (Å²) < 4.78 is 0. The third-order valence-corrected chi connectivity index (χ3v) is 6.30. The summed E-state index contributed by atoms with van der Waals surface area (Å²) in [6, 6.07) is 9.38. The number of allylic oxidation sites excluding steroid dienone is 4. The van der Waals surface area contributed by atoms with Crippen molar-refractivity contribution in [2.75, 3.05) is 4.90 Å². The van der Waals surface area contributed by atoms with E-state index in [1.807, 2.05) is 30.3 Å². The molecule has 2 bridgehead atoms. The molecule has 2 saturated carbocycles. The van der Waals surface area contributed by atoms with E-state index in [0.29, 0.717) is 5.69 Å². The van der Waals surface area contributed by atoms with Gasteiger partial charge in [0.2, 0.25) is 11.8 Å². The Bertz CT molecular complexity index is 734. The van der Waals surface area contributed by atoms with Crippen molar-refractivity contribution < 1.29 is 9.59 Å². The topological polar surface area (TPSA) is 37.4 Å². The second-order valence-corrected chi connectivity index (χ2v) is 7.46. The van der Waals surface area contributed by atoms with Gasteiger partial charge in [-0.25, -0.2) is 4.90 Å². The summed E-state index contributed by atoms with van der Waals surface area (Å²) in [5, 5.41) is 0. The molecule has 4 atom stereocenters. The molecule has 0 N–H and O–H groups in total. The number of rotatable bonds is 1. The minimum absolute atomic E-state index is 0.00181. The smallest absolute Gasteiger partial charge is 0.238 e. The molecule has 1 aliphatic heterocycles. The highest BCUT2D eigenvalue weighted by atomic mass is 16.2. The van der Waals surface area contributed by atoms with E-state index in [2.05, 4.69) is 12.2 Å². The van der Waals surface area contributed by atoms with E-state index in [0.717, 1.165) is 12.8 Å². The highest BCUT2D eigenvalue weighted by Crippen LogP contribution is 2.58. The number of hydrogen-bond acceptors (Lipinski definition) is 2. The first kappa shape index (κ1) is 14.2. The summed E-state index contributed by atoms with van der Waals surface area (Å²) in [7, 11) is 0. The van der Waals surface area contributed by atoms with Gasteiger partial charge in [-0.2, -0.15) is 0 Å². The first-order valence-electron chi connectivity index (χ1n) is 9.10. The van der Waals surface area contributed by atoms with E-state index in [-0.39, 0.29) is 35.5 Å². The molecule has 122 valence electrons. The number of imide groups is 1. The summed E-state index contributed by atoms with van der Waals surface area (Å²) in [5.41, 5.74) is 3.69. The maximum absolute atomic E-state index is 13.1. The Labute approximate surface area is 142 Å². The van der Waals surface area contributed by atoms with Crippen LogP contribution in [0.5, 0.6) is 0 Å². The molecular weight excluding hydrogens is 298 g/mol. The third-order valence-electron chi connectivity index (χ3n) is 6.30. The zero-order valence-corrected chi connectivity index (χ0v) is 13.7. The van der Waals surface area contributed by atoms with E-state index >= 15 is 0 Å². The normalized spacial score (nSPS) is 34.4. The Balaban J connectivity index is 1.54. The molecular formula is C21H21NO2. The SMILES string of the molecule is O=C1[C@H]2[C@H](C(=O)N1c1ccccc1)[C@H]1C=C[C@H]2C1=C1CCCCC1. The van der Waals surface area contributed by atoms with Crippen LogP contribution in [-0.4, -0.2) is 11.8 Å². The predicted octanol–water partition coefficient (Wildman–Crippen LogP) is 3.87. The number of hydrogen-bond donors (Lipinski definition) is 0. The van der Waals surface area contributed by atoms with Crippen LogP contribution >= 0.6 is 0 Å². The van der Waals surface area contributed by atoms with Gasteiger partial charge < -0.3 is 0 Å². The molecule has 1 saturated heterocycles. The van der Waals surface area contributed by atoms with Gasteiger partial charge in [0.15, 0.2) is 0 Å². The van der Waals surface area contributed by atoms with Crippen LogP contribution in [0, 0.1) is 23.7 Å². The lowest BCUT2D eigenvalue weighted by molar-refractivity contribution is -0.122. The summed E-state index contributed by atoms with van der Waals surface area (Å²) in [6.07, 6.45) is 10.5. The Morgan fingerprint density at radius 2 is 1.38 bits per heavy atom. The summed E-state index contributed by atoms with van der Waals surface area (Å²) >= 11 is 0. The minimum Gasteiger partial charge on any atom is -0.274 e. The molecule has 5 rings (SSSR count). The highest BCUT2D eigenvalue weighted by molar-refractivity contribution is 6.23. The largest absolute Gasteiger partial charge is 0.274 e. The van der Waals surface area contributed by atoms with Crippen molar-refractivity contribution in [1.82, 2.24) is 0 Å². The van der Waals surface area contributed by atoms with Crippen molar-refractivity contribution >= 4 is 17.5 Å². The maximum Gasteiger partial charge on any atom is 0.238 e. The molecule has 3 aliphatic carbocycles. The molecule has 0 radical (unpaired) electrons. The van der Waals surface area contributed by atoms with Crippen molar-refractivity contribution in [2.45, 2.75) is 32.1 Å². The molecule has 3 nitrogen and oxygen atoms in total. The number of para-hydroxylation sites is 1. The van der Waals surface area contributed by atoms with E-state index in [1.165, 1.54) is 29.7 Å². The predicted molar refractivity (Wildman–Crippen MR) is 92.1 cm³/mol. The van der Waals surface area contributed by atoms with Crippen molar-refractivity contribution in [3.05, 3.63) is 53.6 Å². The average molecular weight is 319 g/mol. The summed E-state index contributed by atoms with van der Waals surface area (Å²) in [4.78, 5) is 27.6. The zero-order chi connectivity index (χ0) is 16.3. The third kappa shape index (κ3) is 1.78. The molecule has 1 heterocycles. The van der Waals surface area contributed by atoms with Gasteiger partial charge in [0.1, 0.15) is 0 Å². The molecule has 4 aliphatic rings. The lowest BCUT2D eigenvalue weighted by Crippen LogP contribution is -2.33. The fraction of sp³-hybridized carbons (Fsp3) is 0.429. The number of benzene rings is 1. The van der Waals surface area contributed by atoms with Crippen LogP contribution < -0.4 is 4.90 Å². The fourth-order valence-electron chi connectivity index (χ4n) is 5.33. The molecule has 1 aromatic carbocycles. The van der Waals surface area contributed by atoms with Gasteiger partial charge in [-0.15, -0.1) is 0 Å². The van der Waals surface area contributed by atoms with Crippen LogP contribution in [-0.2, 0) is 9.59 Å². The van der Waals surface area contributed by atoms with Gasteiger partial charge in [0.05, 0.1) is 17.5 Å². The molecule has 3 fully saturated rings. The highest BCUT2D eigenvalue weighted by Gasteiger charge is 2.62.